The van der Waals surface area contributed by atoms with Crippen LogP contribution in [0.2, 0.25) is 5.02 Å². The Bertz CT molecular complexity index is 892. The molecule has 4 nitrogen and oxygen atoms in total. The van der Waals surface area contributed by atoms with Gasteiger partial charge in [-0.25, -0.2) is 8.42 Å². The van der Waals surface area contributed by atoms with Crippen molar-refractivity contribution in [2.45, 2.75) is 38.6 Å². The van der Waals surface area contributed by atoms with E-state index in [9.17, 15) is 13.2 Å². The molecule has 1 saturated heterocycles. The number of carbonyl (C=O) groups excluding carboxylic acids is 1. The third-order valence-corrected chi connectivity index (χ3v) is 6.92. The summed E-state index contributed by atoms with van der Waals surface area (Å²) in [5.41, 5.74) is 2.45. The number of rotatable bonds is 6. The molecule has 0 spiro atoms. The van der Waals surface area contributed by atoms with Crippen molar-refractivity contribution in [2.75, 3.05) is 16.4 Å². The van der Waals surface area contributed by atoms with Crippen LogP contribution in [0.25, 0.3) is 0 Å². The van der Waals surface area contributed by atoms with Crippen molar-refractivity contribution in [2.24, 2.45) is 0 Å². The molecule has 0 N–H and O–H groups in total. The van der Waals surface area contributed by atoms with E-state index in [-0.39, 0.29) is 23.5 Å². The number of nitrogens with zero attached hydrogens (tertiary/aromatic N) is 1. The van der Waals surface area contributed by atoms with Crippen LogP contribution >= 0.6 is 11.6 Å². The van der Waals surface area contributed by atoms with Gasteiger partial charge in [-0.05, 0) is 61.2 Å². The van der Waals surface area contributed by atoms with Crippen LogP contribution in [0.4, 0.5) is 5.69 Å². The van der Waals surface area contributed by atoms with Gasteiger partial charge in [0.1, 0.15) is 0 Å². The van der Waals surface area contributed by atoms with Crippen LogP contribution in [-0.2, 0) is 16.3 Å². The highest BCUT2D eigenvalue weighted by Crippen LogP contribution is 2.27. The first kappa shape index (κ1) is 19.9. The van der Waals surface area contributed by atoms with E-state index in [1.807, 2.05) is 24.3 Å². The smallest absolute Gasteiger partial charge is 0.258 e. The van der Waals surface area contributed by atoms with E-state index in [1.165, 1.54) is 5.56 Å². The molecule has 1 aliphatic rings. The maximum atomic E-state index is 13.2. The quantitative estimate of drug-likeness (QED) is 0.710. The van der Waals surface area contributed by atoms with E-state index in [0.717, 1.165) is 24.9 Å². The summed E-state index contributed by atoms with van der Waals surface area (Å²) in [6, 6.07) is 14.2. The second-order valence-corrected chi connectivity index (χ2v) is 9.67. The maximum absolute atomic E-state index is 13.2. The molecule has 1 aliphatic heterocycles. The molecule has 27 heavy (non-hydrogen) atoms. The topological polar surface area (TPSA) is 54.5 Å². The number of hydrogen-bond donors (Lipinski definition) is 0. The van der Waals surface area contributed by atoms with Crippen molar-refractivity contribution in [3.8, 4) is 0 Å². The number of sulfone groups is 1. The highest BCUT2D eigenvalue weighted by atomic mass is 35.5. The van der Waals surface area contributed by atoms with E-state index >= 15 is 0 Å². The molecular formula is C21H24ClNO3S. The van der Waals surface area contributed by atoms with Gasteiger partial charge in [0.25, 0.3) is 5.91 Å². The Kier molecular flexibility index (Phi) is 6.22. The van der Waals surface area contributed by atoms with Gasteiger partial charge in [-0.3, -0.25) is 4.79 Å². The van der Waals surface area contributed by atoms with Gasteiger partial charge in [0.15, 0.2) is 9.84 Å². The Hall–Kier alpha value is -1.85. The van der Waals surface area contributed by atoms with Crippen LogP contribution in [0.15, 0.2) is 48.5 Å². The number of unbranched alkanes of at least 4 members (excludes halogenated alkanes) is 1. The third kappa shape index (κ3) is 4.90. The van der Waals surface area contributed by atoms with Crippen molar-refractivity contribution in [3.63, 3.8) is 0 Å². The molecule has 1 heterocycles. The van der Waals surface area contributed by atoms with Crippen LogP contribution in [0.5, 0.6) is 0 Å². The van der Waals surface area contributed by atoms with Gasteiger partial charge in [0.2, 0.25) is 0 Å². The molecule has 2 aromatic rings. The highest BCUT2D eigenvalue weighted by molar-refractivity contribution is 7.91. The van der Waals surface area contributed by atoms with Crippen molar-refractivity contribution < 1.29 is 13.2 Å². The van der Waals surface area contributed by atoms with Gasteiger partial charge in [-0.1, -0.05) is 37.1 Å². The number of benzene rings is 2. The van der Waals surface area contributed by atoms with E-state index in [1.54, 1.807) is 29.2 Å². The second-order valence-electron chi connectivity index (χ2n) is 7.01. The lowest BCUT2D eigenvalue weighted by Gasteiger charge is -2.28. The van der Waals surface area contributed by atoms with E-state index < -0.39 is 9.84 Å². The monoisotopic (exact) mass is 405 g/mol. The fourth-order valence-corrected chi connectivity index (χ4v) is 5.23. The number of carbonyl (C=O) groups is 1. The minimum absolute atomic E-state index is 0.00388. The standard InChI is InChI=1S/C21H24ClNO3S/c1-2-3-4-16-5-11-19(12-6-16)23(20-13-14-27(25,26)15-20)21(24)17-7-9-18(22)10-8-17/h5-12,20H,2-4,13-15H2,1H3. The molecule has 3 rings (SSSR count). The molecule has 2 aromatic carbocycles. The molecule has 0 aromatic heterocycles. The summed E-state index contributed by atoms with van der Waals surface area (Å²) < 4.78 is 24.0. The Labute approximate surface area is 166 Å². The van der Waals surface area contributed by atoms with Crippen molar-refractivity contribution >= 4 is 33.0 Å². The molecular weight excluding hydrogens is 382 g/mol. The molecule has 144 valence electrons. The Balaban J connectivity index is 1.92. The Morgan fingerprint density at radius 3 is 2.33 bits per heavy atom. The SMILES string of the molecule is CCCCc1ccc(N(C(=O)c2ccc(Cl)cc2)C2CCS(=O)(=O)C2)cc1. The first-order valence-electron chi connectivity index (χ1n) is 9.28. The Morgan fingerprint density at radius 1 is 1.11 bits per heavy atom. The van der Waals surface area contributed by atoms with Crippen molar-refractivity contribution in [1.82, 2.24) is 0 Å². The second kappa shape index (κ2) is 8.44. The molecule has 1 atom stereocenters. The molecule has 0 radical (unpaired) electrons. The van der Waals surface area contributed by atoms with Crippen LogP contribution in [0.3, 0.4) is 0 Å². The Morgan fingerprint density at radius 2 is 1.78 bits per heavy atom. The van der Waals surface area contributed by atoms with Gasteiger partial charge in [-0.2, -0.15) is 0 Å². The van der Waals surface area contributed by atoms with E-state index in [2.05, 4.69) is 6.92 Å². The fourth-order valence-electron chi connectivity index (χ4n) is 3.41. The van der Waals surface area contributed by atoms with Crippen LogP contribution in [-0.4, -0.2) is 31.9 Å². The summed E-state index contributed by atoms with van der Waals surface area (Å²) in [5.74, 6) is -0.0734. The lowest BCUT2D eigenvalue weighted by Crippen LogP contribution is -2.41. The first-order chi connectivity index (χ1) is 12.9. The summed E-state index contributed by atoms with van der Waals surface area (Å²) in [4.78, 5) is 14.8. The fraction of sp³-hybridized carbons (Fsp3) is 0.381. The minimum atomic E-state index is -3.11. The largest absolute Gasteiger partial charge is 0.304 e. The predicted molar refractivity (Wildman–Crippen MR) is 110 cm³/mol. The normalized spacial score (nSPS) is 18.4. The molecule has 6 heteroatoms. The summed E-state index contributed by atoms with van der Waals surface area (Å²) in [6.07, 6.45) is 3.70. The zero-order valence-electron chi connectivity index (χ0n) is 15.4. The number of halogens is 1. The molecule has 0 bridgehead atoms. The van der Waals surface area contributed by atoms with Gasteiger partial charge >= 0.3 is 0 Å². The maximum Gasteiger partial charge on any atom is 0.258 e. The lowest BCUT2D eigenvalue weighted by atomic mass is 10.1. The molecule has 1 fully saturated rings. The first-order valence-corrected chi connectivity index (χ1v) is 11.5. The van der Waals surface area contributed by atoms with Crippen LogP contribution < -0.4 is 4.90 Å². The average molecular weight is 406 g/mol. The number of hydrogen-bond acceptors (Lipinski definition) is 3. The number of aryl methyl sites for hydroxylation is 1. The van der Waals surface area contributed by atoms with Gasteiger partial charge in [0, 0.05) is 16.3 Å². The zero-order chi connectivity index (χ0) is 19.4. The molecule has 0 saturated carbocycles. The average Bonchev–Trinajstić information content (AvgIpc) is 3.01. The highest BCUT2D eigenvalue weighted by Gasteiger charge is 2.35. The van der Waals surface area contributed by atoms with Crippen molar-refractivity contribution in [3.05, 3.63) is 64.7 Å². The summed E-state index contributed by atoms with van der Waals surface area (Å²) in [5, 5.41) is 0.557. The number of amides is 1. The van der Waals surface area contributed by atoms with Gasteiger partial charge in [0.05, 0.1) is 17.5 Å². The lowest BCUT2D eigenvalue weighted by molar-refractivity contribution is 0.0979. The summed E-state index contributed by atoms with van der Waals surface area (Å²) >= 11 is 5.93. The van der Waals surface area contributed by atoms with Crippen LogP contribution in [0.1, 0.15) is 42.1 Å². The van der Waals surface area contributed by atoms with Crippen LogP contribution in [0, 0.1) is 0 Å². The number of anilines is 1. The van der Waals surface area contributed by atoms with Crippen molar-refractivity contribution in [1.29, 1.82) is 0 Å². The minimum Gasteiger partial charge on any atom is -0.304 e. The molecule has 1 amide bonds. The van der Waals surface area contributed by atoms with Gasteiger partial charge < -0.3 is 4.90 Å². The molecule has 1 unspecified atom stereocenters. The summed E-state index contributed by atoms with van der Waals surface area (Å²) in [6.45, 7) is 2.15. The molecule has 0 aliphatic carbocycles. The van der Waals surface area contributed by atoms with E-state index in [4.69, 9.17) is 11.6 Å². The van der Waals surface area contributed by atoms with Gasteiger partial charge in [-0.15, -0.1) is 0 Å². The summed E-state index contributed by atoms with van der Waals surface area (Å²) in [7, 11) is -3.11. The van der Waals surface area contributed by atoms with E-state index in [0.29, 0.717) is 17.0 Å². The predicted octanol–water partition coefficient (Wildman–Crippen LogP) is 4.52. The third-order valence-electron chi connectivity index (χ3n) is 4.92. The zero-order valence-corrected chi connectivity index (χ0v) is 17.0.